The van der Waals surface area contributed by atoms with Crippen molar-refractivity contribution < 1.29 is 10.4 Å². The van der Waals surface area contributed by atoms with Gasteiger partial charge in [-0.05, 0) is 54.8 Å². The number of nitrogens with zero attached hydrogens (tertiary/aromatic N) is 2. The Balaban J connectivity index is 0.000000231. The molecule has 0 saturated heterocycles. The van der Waals surface area contributed by atoms with E-state index in [9.17, 15) is 0 Å². The molecule has 7 heteroatoms. The average Bonchev–Trinajstić information content (AvgIpc) is 2.54. The molecule has 0 unspecified atom stereocenters. The van der Waals surface area contributed by atoms with Crippen molar-refractivity contribution in [1.29, 1.82) is 0 Å². The van der Waals surface area contributed by atoms with Gasteiger partial charge >= 0.3 is 0 Å². The molecule has 2 aromatic carbocycles. The Bertz CT molecular complexity index is 734. The quantitative estimate of drug-likeness (QED) is 0.342. The number of aryl methyl sites for hydroxylation is 2. The highest BCUT2D eigenvalue weighted by Gasteiger charge is 2.01. The van der Waals surface area contributed by atoms with Gasteiger partial charge in [-0.25, -0.2) is 0 Å². The van der Waals surface area contributed by atoms with Gasteiger partial charge in [-0.2, -0.15) is 0 Å². The molecule has 0 fully saturated rings. The van der Waals surface area contributed by atoms with Crippen LogP contribution < -0.4 is 0 Å². The highest BCUT2D eigenvalue weighted by atomic mass is 79.9. The molecular formula is C16H15Br2ClN2O2. The first kappa shape index (κ1) is 19.7. The molecule has 2 rings (SSSR count). The van der Waals surface area contributed by atoms with Crippen LogP contribution in [-0.4, -0.2) is 21.8 Å². The molecule has 0 aromatic heterocycles. The van der Waals surface area contributed by atoms with Crippen LogP contribution in [0.2, 0.25) is 0 Å². The number of hydrogen-bond donors (Lipinski definition) is 2. The van der Waals surface area contributed by atoms with Crippen molar-refractivity contribution in [3.05, 3.63) is 67.6 Å². The molecule has 0 radical (unpaired) electrons. The van der Waals surface area contributed by atoms with Crippen LogP contribution in [0.3, 0.4) is 0 Å². The lowest BCUT2D eigenvalue weighted by Crippen LogP contribution is -1.91. The summed E-state index contributed by atoms with van der Waals surface area (Å²) in [5.74, 6) is 0. The second kappa shape index (κ2) is 9.70. The summed E-state index contributed by atoms with van der Waals surface area (Å²) in [6, 6.07) is 11.2. The molecule has 0 bridgehead atoms. The molecular weight excluding hydrogens is 447 g/mol. The SMILES string of the molecule is Cc1cc(/C(Cl)=N/O)ccc1Br.Cc1cc(/C=N/O)ccc1Br. The first-order valence-corrected chi connectivity index (χ1v) is 8.43. The van der Waals surface area contributed by atoms with Gasteiger partial charge in [0.05, 0.1) is 6.21 Å². The Morgan fingerprint density at radius 1 is 1.00 bits per heavy atom. The fourth-order valence-electron chi connectivity index (χ4n) is 1.65. The van der Waals surface area contributed by atoms with Gasteiger partial charge in [-0.15, -0.1) is 0 Å². The van der Waals surface area contributed by atoms with Gasteiger partial charge in [0, 0.05) is 14.5 Å². The first-order chi connectivity index (χ1) is 10.9. The van der Waals surface area contributed by atoms with Crippen molar-refractivity contribution in [3.8, 4) is 0 Å². The second-order valence-electron chi connectivity index (χ2n) is 4.61. The number of oxime groups is 2. The minimum atomic E-state index is 0.102. The van der Waals surface area contributed by atoms with E-state index in [-0.39, 0.29) is 5.17 Å². The number of hydrogen-bond acceptors (Lipinski definition) is 4. The summed E-state index contributed by atoms with van der Waals surface area (Å²) in [5, 5.41) is 22.6. The predicted octanol–water partition coefficient (Wildman–Crippen LogP) is 5.70. The summed E-state index contributed by atoms with van der Waals surface area (Å²) < 4.78 is 2.07. The fraction of sp³-hybridized carbons (Fsp3) is 0.125. The van der Waals surface area contributed by atoms with Crippen LogP contribution in [-0.2, 0) is 0 Å². The van der Waals surface area contributed by atoms with Gasteiger partial charge in [-0.1, -0.05) is 65.9 Å². The highest BCUT2D eigenvalue weighted by Crippen LogP contribution is 2.18. The van der Waals surface area contributed by atoms with Crippen molar-refractivity contribution in [1.82, 2.24) is 0 Å². The van der Waals surface area contributed by atoms with Crippen LogP contribution >= 0.6 is 43.5 Å². The molecule has 0 aliphatic carbocycles. The smallest absolute Gasteiger partial charge is 0.175 e. The second-order valence-corrected chi connectivity index (χ2v) is 6.67. The molecule has 2 N–H and O–H groups in total. The lowest BCUT2D eigenvalue weighted by Gasteiger charge is -2.00. The maximum absolute atomic E-state index is 8.39. The van der Waals surface area contributed by atoms with Crippen LogP contribution in [0.15, 0.2) is 55.7 Å². The minimum absolute atomic E-state index is 0.102. The first-order valence-electron chi connectivity index (χ1n) is 6.46. The summed E-state index contributed by atoms with van der Waals surface area (Å²) in [6.45, 7) is 3.92. The van der Waals surface area contributed by atoms with Gasteiger partial charge < -0.3 is 10.4 Å². The maximum atomic E-state index is 8.39. The number of rotatable bonds is 2. The Kier molecular flexibility index (Phi) is 8.30. The van der Waals surface area contributed by atoms with E-state index < -0.39 is 0 Å². The van der Waals surface area contributed by atoms with Crippen molar-refractivity contribution >= 4 is 54.8 Å². The van der Waals surface area contributed by atoms with Gasteiger partial charge in [-0.3, -0.25) is 0 Å². The summed E-state index contributed by atoms with van der Waals surface area (Å²) in [5.41, 5.74) is 3.78. The van der Waals surface area contributed by atoms with Crippen molar-refractivity contribution in [3.63, 3.8) is 0 Å². The van der Waals surface area contributed by atoms with E-state index in [1.54, 1.807) is 6.07 Å². The summed E-state index contributed by atoms with van der Waals surface area (Å²) in [6.07, 6.45) is 1.40. The topological polar surface area (TPSA) is 65.2 Å². The summed E-state index contributed by atoms with van der Waals surface area (Å²) in [4.78, 5) is 0. The van der Waals surface area contributed by atoms with Crippen LogP contribution in [0.25, 0.3) is 0 Å². The lowest BCUT2D eigenvalue weighted by molar-refractivity contribution is 0.321. The monoisotopic (exact) mass is 460 g/mol. The van der Waals surface area contributed by atoms with Gasteiger partial charge in [0.25, 0.3) is 0 Å². The average molecular weight is 463 g/mol. The molecule has 0 amide bonds. The largest absolute Gasteiger partial charge is 0.411 e. The van der Waals surface area contributed by atoms with Gasteiger partial charge in [0.15, 0.2) is 5.17 Å². The van der Waals surface area contributed by atoms with E-state index >= 15 is 0 Å². The predicted molar refractivity (Wildman–Crippen MR) is 101 cm³/mol. The Morgan fingerprint density at radius 2 is 1.57 bits per heavy atom. The van der Waals surface area contributed by atoms with Crippen LogP contribution in [0.1, 0.15) is 22.3 Å². The van der Waals surface area contributed by atoms with E-state index in [2.05, 4.69) is 42.2 Å². The zero-order valence-electron chi connectivity index (χ0n) is 12.5. The van der Waals surface area contributed by atoms with E-state index in [4.69, 9.17) is 22.0 Å². The normalized spacial score (nSPS) is 11.3. The molecule has 0 saturated carbocycles. The minimum Gasteiger partial charge on any atom is -0.411 e. The van der Waals surface area contributed by atoms with Gasteiger partial charge in [0.2, 0.25) is 0 Å². The molecule has 0 aliphatic heterocycles. The zero-order chi connectivity index (χ0) is 17.4. The van der Waals surface area contributed by atoms with Crippen LogP contribution in [0, 0.1) is 13.8 Å². The maximum Gasteiger partial charge on any atom is 0.175 e. The molecule has 122 valence electrons. The molecule has 0 atom stereocenters. The fourth-order valence-corrected chi connectivity index (χ4v) is 2.26. The third-order valence-electron chi connectivity index (χ3n) is 2.87. The molecule has 4 nitrogen and oxygen atoms in total. The molecule has 0 aliphatic rings. The Hall–Kier alpha value is -1.37. The molecule has 0 heterocycles. The highest BCUT2D eigenvalue weighted by molar-refractivity contribution is 9.10. The van der Waals surface area contributed by atoms with Crippen LogP contribution in [0.5, 0.6) is 0 Å². The van der Waals surface area contributed by atoms with Crippen LogP contribution in [0.4, 0.5) is 0 Å². The van der Waals surface area contributed by atoms with Crippen molar-refractivity contribution in [2.45, 2.75) is 13.8 Å². The summed E-state index contributed by atoms with van der Waals surface area (Å²) in [7, 11) is 0. The van der Waals surface area contributed by atoms with E-state index in [1.807, 2.05) is 44.2 Å². The lowest BCUT2D eigenvalue weighted by atomic mass is 10.1. The standard InChI is InChI=1S/C8H7BrClNO.C8H8BrNO/c1-5-4-6(8(10)11-12)2-3-7(5)9;1-6-4-7(5-10-11)2-3-8(6)9/h2-4,12H,1H3;2-5,11H,1H3/b11-8-;10-5+. The molecule has 23 heavy (non-hydrogen) atoms. The third kappa shape index (κ3) is 6.33. The Labute approximate surface area is 156 Å². The van der Waals surface area contributed by atoms with E-state index in [1.165, 1.54) is 6.21 Å². The molecule has 0 spiro atoms. The Morgan fingerprint density at radius 3 is 2.04 bits per heavy atom. The van der Waals surface area contributed by atoms with Gasteiger partial charge in [0.1, 0.15) is 0 Å². The van der Waals surface area contributed by atoms with Crippen molar-refractivity contribution in [2.75, 3.05) is 0 Å². The van der Waals surface area contributed by atoms with E-state index in [0.717, 1.165) is 25.6 Å². The zero-order valence-corrected chi connectivity index (χ0v) is 16.4. The molecule has 2 aromatic rings. The third-order valence-corrected chi connectivity index (χ3v) is 4.95. The number of benzene rings is 2. The number of halogens is 3. The van der Waals surface area contributed by atoms with E-state index in [0.29, 0.717) is 5.56 Å². The summed E-state index contributed by atoms with van der Waals surface area (Å²) >= 11 is 12.3. The van der Waals surface area contributed by atoms with Crippen molar-refractivity contribution in [2.24, 2.45) is 10.3 Å².